The number of imidazole rings is 1. The molecule has 15 heavy (non-hydrogen) atoms. The zero-order chi connectivity index (χ0) is 10.7. The van der Waals surface area contributed by atoms with Crippen molar-refractivity contribution in [3.8, 4) is 0 Å². The molecule has 0 atom stereocenters. The SMILES string of the molecule is CCc1nc(CC2CCNCC2)c(C)[nH]1. The number of rotatable bonds is 3. The molecule has 3 nitrogen and oxygen atoms in total. The topological polar surface area (TPSA) is 40.7 Å². The maximum Gasteiger partial charge on any atom is 0.106 e. The van der Waals surface area contributed by atoms with Gasteiger partial charge in [-0.1, -0.05) is 6.92 Å². The summed E-state index contributed by atoms with van der Waals surface area (Å²) in [6.07, 6.45) is 4.76. The third kappa shape index (κ3) is 2.59. The maximum absolute atomic E-state index is 4.65. The van der Waals surface area contributed by atoms with Crippen LogP contribution in [0.15, 0.2) is 0 Å². The molecular weight excluding hydrogens is 186 g/mol. The minimum atomic E-state index is 0.831. The standard InChI is InChI=1S/C12H21N3/c1-3-12-14-9(2)11(15-12)8-10-4-6-13-7-5-10/h10,13H,3-8H2,1-2H3,(H,14,15). The normalized spacial score (nSPS) is 18.3. The number of nitrogens with zero attached hydrogens (tertiary/aromatic N) is 1. The average Bonchev–Trinajstić information content (AvgIpc) is 2.61. The Morgan fingerprint density at radius 3 is 2.67 bits per heavy atom. The van der Waals surface area contributed by atoms with E-state index in [4.69, 9.17) is 0 Å². The Hall–Kier alpha value is -0.830. The van der Waals surface area contributed by atoms with Crippen molar-refractivity contribution in [2.45, 2.75) is 39.5 Å². The fourth-order valence-corrected chi connectivity index (χ4v) is 2.29. The first kappa shape index (κ1) is 10.7. The lowest BCUT2D eigenvalue weighted by Gasteiger charge is -2.21. The molecule has 2 N–H and O–H groups in total. The van der Waals surface area contributed by atoms with Crippen LogP contribution in [0.2, 0.25) is 0 Å². The van der Waals surface area contributed by atoms with E-state index in [1.54, 1.807) is 0 Å². The molecule has 1 aliphatic heterocycles. The lowest BCUT2D eigenvalue weighted by molar-refractivity contribution is 0.370. The number of hydrogen-bond acceptors (Lipinski definition) is 2. The van der Waals surface area contributed by atoms with Crippen molar-refractivity contribution in [1.29, 1.82) is 0 Å². The van der Waals surface area contributed by atoms with Gasteiger partial charge < -0.3 is 10.3 Å². The molecular formula is C12H21N3. The molecule has 1 saturated heterocycles. The van der Waals surface area contributed by atoms with Crippen molar-refractivity contribution in [1.82, 2.24) is 15.3 Å². The van der Waals surface area contributed by atoms with E-state index in [-0.39, 0.29) is 0 Å². The van der Waals surface area contributed by atoms with Gasteiger partial charge >= 0.3 is 0 Å². The van der Waals surface area contributed by atoms with Gasteiger partial charge in [-0.15, -0.1) is 0 Å². The largest absolute Gasteiger partial charge is 0.346 e. The molecule has 0 unspecified atom stereocenters. The van der Waals surface area contributed by atoms with Crippen molar-refractivity contribution < 1.29 is 0 Å². The monoisotopic (exact) mass is 207 g/mol. The molecule has 2 rings (SSSR count). The number of piperidine rings is 1. The molecule has 1 fully saturated rings. The summed E-state index contributed by atoms with van der Waals surface area (Å²) in [5.41, 5.74) is 2.56. The highest BCUT2D eigenvalue weighted by atomic mass is 14.9. The van der Waals surface area contributed by atoms with Gasteiger partial charge in [0.15, 0.2) is 0 Å². The Balaban J connectivity index is 1.99. The van der Waals surface area contributed by atoms with Crippen molar-refractivity contribution in [3.05, 3.63) is 17.2 Å². The third-order valence-corrected chi connectivity index (χ3v) is 3.31. The summed E-state index contributed by atoms with van der Waals surface area (Å²) in [6, 6.07) is 0. The summed E-state index contributed by atoms with van der Waals surface area (Å²) < 4.78 is 0. The summed E-state index contributed by atoms with van der Waals surface area (Å²) in [7, 11) is 0. The fourth-order valence-electron chi connectivity index (χ4n) is 2.29. The van der Waals surface area contributed by atoms with Gasteiger partial charge in [-0.2, -0.15) is 0 Å². The smallest absolute Gasteiger partial charge is 0.106 e. The first-order valence-electron chi connectivity index (χ1n) is 6.04. The predicted octanol–water partition coefficient (Wildman–Crippen LogP) is 1.82. The minimum Gasteiger partial charge on any atom is -0.346 e. The van der Waals surface area contributed by atoms with Crippen LogP contribution in [0.3, 0.4) is 0 Å². The number of hydrogen-bond donors (Lipinski definition) is 2. The Morgan fingerprint density at radius 2 is 2.07 bits per heavy atom. The van der Waals surface area contributed by atoms with Crippen LogP contribution >= 0.6 is 0 Å². The molecule has 1 aromatic rings. The Kier molecular flexibility index (Phi) is 3.41. The van der Waals surface area contributed by atoms with Gasteiger partial charge in [-0.05, 0) is 45.2 Å². The number of aromatic amines is 1. The lowest BCUT2D eigenvalue weighted by Crippen LogP contribution is -2.28. The van der Waals surface area contributed by atoms with Crippen LogP contribution in [-0.4, -0.2) is 23.1 Å². The van der Waals surface area contributed by atoms with Crippen molar-refractivity contribution in [2.75, 3.05) is 13.1 Å². The van der Waals surface area contributed by atoms with Crippen LogP contribution in [0.5, 0.6) is 0 Å². The minimum absolute atomic E-state index is 0.831. The van der Waals surface area contributed by atoms with E-state index in [0.29, 0.717) is 0 Å². The van der Waals surface area contributed by atoms with E-state index in [1.807, 2.05) is 0 Å². The zero-order valence-electron chi connectivity index (χ0n) is 9.77. The highest BCUT2D eigenvalue weighted by Crippen LogP contribution is 2.19. The van der Waals surface area contributed by atoms with Crippen LogP contribution in [-0.2, 0) is 12.8 Å². The average molecular weight is 207 g/mol. The number of aromatic nitrogens is 2. The molecule has 0 aliphatic carbocycles. The van der Waals surface area contributed by atoms with Crippen LogP contribution in [0.25, 0.3) is 0 Å². The molecule has 3 heteroatoms. The highest BCUT2D eigenvalue weighted by Gasteiger charge is 2.16. The predicted molar refractivity (Wildman–Crippen MR) is 62.0 cm³/mol. The molecule has 0 radical (unpaired) electrons. The second-order valence-corrected chi connectivity index (χ2v) is 4.51. The van der Waals surface area contributed by atoms with Gasteiger partial charge in [0.25, 0.3) is 0 Å². The van der Waals surface area contributed by atoms with E-state index in [0.717, 1.165) is 24.6 Å². The van der Waals surface area contributed by atoms with Gasteiger partial charge in [-0.25, -0.2) is 4.98 Å². The van der Waals surface area contributed by atoms with Crippen LogP contribution in [0.4, 0.5) is 0 Å². The molecule has 0 spiro atoms. The van der Waals surface area contributed by atoms with E-state index >= 15 is 0 Å². The van der Waals surface area contributed by atoms with Crippen molar-refractivity contribution in [2.24, 2.45) is 5.92 Å². The molecule has 0 saturated carbocycles. The third-order valence-electron chi connectivity index (χ3n) is 3.31. The van der Waals surface area contributed by atoms with Crippen LogP contribution in [0, 0.1) is 12.8 Å². The second kappa shape index (κ2) is 4.79. The number of H-pyrrole nitrogens is 1. The van der Waals surface area contributed by atoms with Crippen LogP contribution in [0.1, 0.15) is 37.0 Å². The molecule has 0 aromatic carbocycles. The summed E-state index contributed by atoms with van der Waals surface area (Å²) in [5.74, 6) is 1.97. The Morgan fingerprint density at radius 1 is 1.33 bits per heavy atom. The van der Waals surface area contributed by atoms with Gasteiger partial charge in [0.2, 0.25) is 0 Å². The van der Waals surface area contributed by atoms with Crippen LogP contribution < -0.4 is 5.32 Å². The summed E-state index contributed by atoms with van der Waals surface area (Å²) in [5, 5.41) is 3.40. The number of aryl methyl sites for hydroxylation is 2. The van der Waals surface area contributed by atoms with Gasteiger partial charge in [0, 0.05) is 12.1 Å². The maximum atomic E-state index is 4.65. The first-order chi connectivity index (χ1) is 7.29. The molecule has 0 bridgehead atoms. The number of nitrogens with one attached hydrogen (secondary N) is 2. The van der Waals surface area contributed by atoms with Gasteiger partial charge in [0.1, 0.15) is 5.82 Å². The molecule has 0 amide bonds. The Labute approximate surface area is 91.7 Å². The molecule has 2 heterocycles. The highest BCUT2D eigenvalue weighted by molar-refractivity contribution is 5.14. The summed E-state index contributed by atoms with van der Waals surface area (Å²) in [6.45, 7) is 6.64. The molecule has 84 valence electrons. The van der Waals surface area contributed by atoms with E-state index in [9.17, 15) is 0 Å². The lowest BCUT2D eigenvalue weighted by atomic mass is 9.93. The van der Waals surface area contributed by atoms with Crippen molar-refractivity contribution >= 4 is 0 Å². The summed E-state index contributed by atoms with van der Waals surface area (Å²) in [4.78, 5) is 8.00. The quantitative estimate of drug-likeness (QED) is 0.794. The van der Waals surface area contributed by atoms with Gasteiger partial charge in [0.05, 0.1) is 5.69 Å². The van der Waals surface area contributed by atoms with E-state index in [1.165, 1.54) is 37.3 Å². The first-order valence-corrected chi connectivity index (χ1v) is 6.04. The van der Waals surface area contributed by atoms with E-state index < -0.39 is 0 Å². The Bertz CT molecular complexity index is 311. The summed E-state index contributed by atoms with van der Waals surface area (Å²) >= 11 is 0. The van der Waals surface area contributed by atoms with Gasteiger partial charge in [-0.3, -0.25) is 0 Å². The fraction of sp³-hybridized carbons (Fsp3) is 0.750. The molecule has 1 aromatic heterocycles. The molecule has 1 aliphatic rings. The second-order valence-electron chi connectivity index (χ2n) is 4.51. The van der Waals surface area contributed by atoms with E-state index in [2.05, 4.69) is 29.1 Å². The van der Waals surface area contributed by atoms with Crippen molar-refractivity contribution in [3.63, 3.8) is 0 Å². The zero-order valence-corrected chi connectivity index (χ0v) is 9.77.